The van der Waals surface area contributed by atoms with E-state index in [9.17, 15) is 9.59 Å². The second-order valence-corrected chi connectivity index (χ2v) is 4.39. The maximum absolute atomic E-state index is 11.5. The van der Waals surface area contributed by atoms with Crippen molar-refractivity contribution in [3.8, 4) is 5.75 Å². The van der Waals surface area contributed by atoms with Gasteiger partial charge in [0.2, 0.25) is 0 Å². The lowest BCUT2D eigenvalue weighted by molar-refractivity contribution is -0.147. The number of carbonyl (C=O) groups is 1. The average Bonchev–Trinajstić information content (AvgIpc) is 2.44. The molecule has 0 amide bonds. The summed E-state index contributed by atoms with van der Waals surface area (Å²) in [5.41, 5.74) is 0.972. The van der Waals surface area contributed by atoms with Crippen LogP contribution in [0.2, 0.25) is 0 Å². The molecule has 0 spiro atoms. The standard InChI is InChI=1S/C15H16O5/c1-4-10-7-14(16)20-13-8-11(5-6-12(10)13)19-9(2)15(17)18-3/h5-9H,4H2,1-3H3/t9-/m1/s1. The summed E-state index contributed by atoms with van der Waals surface area (Å²) in [7, 11) is 1.30. The molecule has 2 rings (SSSR count). The van der Waals surface area contributed by atoms with Crippen LogP contribution in [-0.4, -0.2) is 19.2 Å². The van der Waals surface area contributed by atoms with Crippen molar-refractivity contribution in [1.29, 1.82) is 0 Å². The summed E-state index contributed by atoms with van der Waals surface area (Å²) in [6.45, 7) is 3.56. The van der Waals surface area contributed by atoms with E-state index < -0.39 is 17.7 Å². The molecule has 0 radical (unpaired) electrons. The minimum absolute atomic E-state index is 0.396. The zero-order chi connectivity index (χ0) is 14.7. The molecule has 1 aromatic heterocycles. The van der Waals surface area contributed by atoms with E-state index in [1.165, 1.54) is 13.2 Å². The van der Waals surface area contributed by atoms with E-state index in [-0.39, 0.29) is 0 Å². The molecular weight excluding hydrogens is 260 g/mol. The van der Waals surface area contributed by atoms with Gasteiger partial charge in [-0.05, 0) is 31.0 Å². The van der Waals surface area contributed by atoms with Gasteiger partial charge in [-0.15, -0.1) is 0 Å². The number of methoxy groups -OCH3 is 1. The number of hydrogen-bond donors (Lipinski definition) is 0. The molecule has 0 saturated carbocycles. The Bertz CT molecular complexity index is 686. The van der Waals surface area contributed by atoms with Crippen molar-refractivity contribution in [2.75, 3.05) is 7.11 Å². The number of benzene rings is 1. The van der Waals surface area contributed by atoms with Gasteiger partial charge >= 0.3 is 11.6 Å². The SMILES string of the molecule is CCc1cc(=O)oc2cc(O[C@H](C)C(=O)OC)ccc12. The summed E-state index contributed by atoms with van der Waals surface area (Å²) in [4.78, 5) is 22.8. The quantitative estimate of drug-likeness (QED) is 0.633. The summed E-state index contributed by atoms with van der Waals surface area (Å²) >= 11 is 0. The van der Waals surface area contributed by atoms with Crippen molar-refractivity contribution < 1.29 is 18.7 Å². The van der Waals surface area contributed by atoms with E-state index in [2.05, 4.69) is 4.74 Å². The van der Waals surface area contributed by atoms with Crippen molar-refractivity contribution in [2.24, 2.45) is 0 Å². The third-order valence-electron chi connectivity index (χ3n) is 3.03. The normalized spacial score (nSPS) is 12.2. The Hall–Kier alpha value is -2.30. The topological polar surface area (TPSA) is 65.7 Å². The van der Waals surface area contributed by atoms with Crippen molar-refractivity contribution in [1.82, 2.24) is 0 Å². The Morgan fingerprint density at radius 3 is 2.75 bits per heavy atom. The first-order valence-corrected chi connectivity index (χ1v) is 6.36. The van der Waals surface area contributed by atoms with Crippen molar-refractivity contribution >= 4 is 16.9 Å². The summed E-state index contributed by atoms with van der Waals surface area (Å²) in [6.07, 6.45) is 0.0134. The van der Waals surface area contributed by atoms with Gasteiger partial charge in [-0.2, -0.15) is 0 Å². The van der Waals surface area contributed by atoms with Crippen LogP contribution >= 0.6 is 0 Å². The van der Waals surface area contributed by atoms with Gasteiger partial charge in [0, 0.05) is 17.5 Å². The highest BCUT2D eigenvalue weighted by atomic mass is 16.6. The molecule has 0 aliphatic heterocycles. The molecule has 1 atom stereocenters. The molecule has 1 heterocycles. The van der Waals surface area contributed by atoms with Crippen LogP contribution in [0.15, 0.2) is 33.5 Å². The van der Waals surface area contributed by atoms with Crippen molar-refractivity contribution in [3.05, 3.63) is 40.2 Å². The fraction of sp³-hybridized carbons (Fsp3) is 0.333. The highest BCUT2D eigenvalue weighted by molar-refractivity contribution is 5.81. The van der Waals surface area contributed by atoms with Gasteiger partial charge in [0.15, 0.2) is 6.10 Å². The molecule has 2 aromatic rings. The van der Waals surface area contributed by atoms with Gasteiger partial charge in [-0.1, -0.05) is 6.92 Å². The largest absolute Gasteiger partial charge is 0.479 e. The number of fused-ring (bicyclic) bond motifs is 1. The molecule has 5 heteroatoms. The van der Waals surface area contributed by atoms with Crippen LogP contribution in [0.3, 0.4) is 0 Å². The van der Waals surface area contributed by atoms with Crippen LogP contribution in [0.5, 0.6) is 5.75 Å². The second kappa shape index (κ2) is 5.77. The van der Waals surface area contributed by atoms with Crippen LogP contribution in [0.4, 0.5) is 0 Å². The number of aryl methyl sites for hydroxylation is 1. The second-order valence-electron chi connectivity index (χ2n) is 4.39. The minimum Gasteiger partial charge on any atom is -0.479 e. The summed E-state index contributed by atoms with van der Waals surface area (Å²) in [5, 5.41) is 0.866. The molecule has 1 aromatic carbocycles. The van der Waals surface area contributed by atoms with Crippen LogP contribution < -0.4 is 10.4 Å². The average molecular weight is 276 g/mol. The molecule has 0 fully saturated rings. The first-order chi connectivity index (χ1) is 9.55. The van der Waals surface area contributed by atoms with E-state index >= 15 is 0 Å². The fourth-order valence-corrected chi connectivity index (χ4v) is 1.99. The van der Waals surface area contributed by atoms with Gasteiger partial charge in [-0.25, -0.2) is 9.59 Å². The third kappa shape index (κ3) is 2.82. The Balaban J connectivity index is 2.39. The maximum atomic E-state index is 11.5. The van der Waals surface area contributed by atoms with E-state index in [0.29, 0.717) is 11.3 Å². The Morgan fingerprint density at radius 1 is 1.35 bits per heavy atom. The number of esters is 1. The Labute approximate surface area is 116 Å². The maximum Gasteiger partial charge on any atom is 0.346 e. The number of hydrogen-bond acceptors (Lipinski definition) is 5. The van der Waals surface area contributed by atoms with Crippen molar-refractivity contribution in [2.45, 2.75) is 26.4 Å². The molecule has 106 valence electrons. The number of carbonyl (C=O) groups excluding carboxylic acids is 1. The van der Waals surface area contributed by atoms with Crippen molar-refractivity contribution in [3.63, 3.8) is 0 Å². The molecule has 0 saturated heterocycles. The lowest BCUT2D eigenvalue weighted by Gasteiger charge is -2.12. The molecule has 0 unspecified atom stereocenters. The first kappa shape index (κ1) is 14.1. The molecule has 0 aliphatic carbocycles. The van der Waals surface area contributed by atoms with E-state index in [0.717, 1.165) is 17.4 Å². The smallest absolute Gasteiger partial charge is 0.346 e. The lowest BCUT2D eigenvalue weighted by atomic mass is 10.1. The van der Waals surface area contributed by atoms with Gasteiger partial charge < -0.3 is 13.9 Å². The first-order valence-electron chi connectivity index (χ1n) is 6.36. The van der Waals surface area contributed by atoms with Gasteiger partial charge in [0.25, 0.3) is 0 Å². The van der Waals surface area contributed by atoms with E-state index in [4.69, 9.17) is 9.15 Å². The molecular formula is C15H16O5. The van der Waals surface area contributed by atoms with E-state index in [1.54, 1.807) is 19.1 Å². The Kier molecular flexibility index (Phi) is 4.08. The molecule has 0 aliphatic rings. The van der Waals surface area contributed by atoms with E-state index in [1.807, 2.05) is 13.0 Å². The monoisotopic (exact) mass is 276 g/mol. The molecule has 0 bridgehead atoms. The predicted octanol–water partition coefficient (Wildman–Crippen LogP) is 2.30. The molecule has 20 heavy (non-hydrogen) atoms. The van der Waals surface area contributed by atoms with Gasteiger partial charge in [-0.3, -0.25) is 0 Å². The fourth-order valence-electron chi connectivity index (χ4n) is 1.99. The third-order valence-corrected chi connectivity index (χ3v) is 3.03. The Morgan fingerprint density at radius 2 is 2.10 bits per heavy atom. The summed E-state index contributed by atoms with van der Waals surface area (Å²) in [5.74, 6) is -0.0133. The van der Waals surface area contributed by atoms with Crippen LogP contribution in [-0.2, 0) is 16.0 Å². The van der Waals surface area contributed by atoms with Crippen LogP contribution in [0, 0.1) is 0 Å². The van der Waals surface area contributed by atoms with Gasteiger partial charge in [0.05, 0.1) is 7.11 Å². The molecule has 5 nitrogen and oxygen atoms in total. The van der Waals surface area contributed by atoms with Crippen LogP contribution in [0.1, 0.15) is 19.4 Å². The lowest BCUT2D eigenvalue weighted by Crippen LogP contribution is -2.24. The summed E-state index contributed by atoms with van der Waals surface area (Å²) < 4.78 is 15.2. The van der Waals surface area contributed by atoms with Gasteiger partial charge in [0.1, 0.15) is 11.3 Å². The summed E-state index contributed by atoms with van der Waals surface area (Å²) in [6, 6.07) is 6.65. The highest BCUT2D eigenvalue weighted by Crippen LogP contribution is 2.23. The van der Waals surface area contributed by atoms with Crippen LogP contribution in [0.25, 0.3) is 11.0 Å². The highest BCUT2D eigenvalue weighted by Gasteiger charge is 2.15. The predicted molar refractivity (Wildman–Crippen MR) is 74.0 cm³/mol. The minimum atomic E-state index is -0.724. The number of ether oxygens (including phenoxy) is 2. The zero-order valence-electron chi connectivity index (χ0n) is 11.6. The zero-order valence-corrected chi connectivity index (χ0v) is 11.6. The molecule has 0 N–H and O–H groups in total. The number of rotatable bonds is 4.